The summed E-state index contributed by atoms with van der Waals surface area (Å²) in [4.78, 5) is 1.84. The Bertz CT molecular complexity index is 414. The van der Waals surface area contributed by atoms with Crippen LogP contribution in [0.2, 0.25) is 0 Å². The highest BCUT2D eigenvalue weighted by Crippen LogP contribution is 2.09. The maximum Gasteiger partial charge on any atom is 0.113 e. The largest absolute Gasteiger partial charge is 0.184 e. The third-order valence-electron chi connectivity index (χ3n) is 3.04. The van der Waals surface area contributed by atoms with Crippen LogP contribution in [0.3, 0.4) is 0 Å². The van der Waals surface area contributed by atoms with Crippen LogP contribution in [0.25, 0.3) is 11.0 Å². The van der Waals surface area contributed by atoms with Gasteiger partial charge in [0.15, 0.2) is 0 Å². The molecule has 2 rings (SSSR count). The quantitative estimate of drug-likeness (QED) is 0.679. The van der Waals surface area contributed by atoms with E-state index in [0.29, 0.717) is 0 Å². The van der Waals surface area contributed by atoms with Crippen molar-refractivity contribution in [2.75, 3.05) is 0 Å². The lowest BCUT2D eigenvalue weighted by molar-refractivity contribution is 0.488. The number of aromatic nitrogens is 3. The van der Waals surface area contributed by atoms with Crippen molar-refractivity contribution >= 4 is 11.0 Å². The number of nitrogens with zero attached hydrogens (tertiary/aromatic N) is 3. The van der Waals surface area contributed by atoms with Gasteiger partial charge in [-0.05, 0) is 18.6 Å². The second-order valence-corrected chi connectivity index (χ2v) is 4.55. The summed E-state index contributed by atoms with van der Waals surface area (Å²) >= 11 is 0. The number of aryl methyl sites for hydroxylation is 1. The molecule has 0 atom stereocenters. The summed E-state index contributed by atoms with van der Waals surface area (Å²) in [5.74, 6) is 0. The maximum atomic E-state index is 4.45. The molecule has 0 aliphatic rings. The van der Waals surface area contributed by atoms with Gasteiger partial charge >= 0.3 is 0 Å². The minimum atomic E-state index is 0.945. The van der Waals surface area contributed by atoms with E-state index in [1.165, 1.54) is 38.5 Å². The molecule has 0 spiro atoms. The zero-order valence-corrected chi connectivity index (χ0v) is 10.6. The second kappa shape index (κ2) is 6.38. The van der Waals surface area contributed by atoms with Crippen LogP contribution in [0.4, 0.5) is 0 Å². The van der Waals surface area contributed by atoms with Crippen LogP contribution in [0.5, 0.6) is 0 Å². The van der Waals surface area contributed by atoms with E-state index in [9.17, 15) is 0 Å². The van der Waals surface area contributed by atoms with Gasteiger partial charge in [0.1, 0.15) is 11.0 Å². The van der Waals surface area contributed by atoms with Crippen LogP contribution in [-0.2, 0) is 6.54 Å². The minimum absolute atomic E-state index is 0.945. The number of hydrogen-bond acceptors (Lipinski definition) is 2. The van der Waals surface area contributed by atoms with Crippen LogP contribution >= 0.6 is 0 Å². The van der Waals surface area contributed by atoms with E-state index in [2.05, 4.69) is 17.1 Å². The molecular weight excluding hydrogens is 210 g/mol. The Kier molecular flexibility index (Phi) is 4.54. The molecule has 0 N–H and O–H groups in total. The summed E-state index contributed by atoms with van der Waals surface area (Å²) in [7, 11) is 0. The Balaban J connectivity index is 1.75. The van der Waals surface area contributed by atoms with Gasteiger partial charge < -0.3 is 0 Å². The van der Waals surface area contributed by atoms with E-state index >= 15 is 0 Å². The van der Waals surface area contributed by atoms with Crippen LogP contribution in [-0.4, -0.2) is 15.0 Å². The van der Waals surface area contributed by atoms with E-state index in [4.69, 9.17) is 0 Å². The third kappa shape index (κ3) is 3.55. The van der Waals surface area contributed by atoms with Crippen molar-refractivity contribution in [3.8, 4) is 0 Å². The Morgan fingerprint density at radius 1 is 0.882 bits per heavy atom. The van der Waals surface area contributed by atoms with Crippen molar-refractivity contribution in [2.45, 2.75) is 52.0 Å². The Morgan fingerprint density at radius 3 is 2.12 bits per heavy atom. The van der Waals surface area contributed by atoms with Crippen molar-refractivity contribution < 1.29 is 0 Å². The van der Waals surface area contributed by atoms with E-state index in [1.807, 2.05) is 29.1 Å². The fraction of sp³-hybridized carbons (Fsp3) is 0.571. The van der Waals surface area contributed by atoms with Gasteiger partial charge in [0.25, 0.3) is 0 Å². The Labute approximate surface area is 103 Å². The molecule has 1 heterocycles. The average Bonchev–Trinajstić information content (AvgIpc) is 2.76. The smallest absolute Gasteiger partial charge is 0.113 e. The Morgan fingerprint density at radius 2 is 1.47 bits per heavy atom. The molecule has 0 aliphatic carbocycles. The van der Waals surface area contributed by atoms with Crippen LogP contribution in [0.1, 0.15) is 45.4 Å². The van der Waals surface area contributed by atoms with E-state index in [1.54, 1.807) is 0 Å². The van der Waals surface area contributed by atoms with Gasteiger partial charge in [-0.2, -0.15) is 15.0 Å². The molecule has 0 amide bonds. The van der Waals surface area contributed by atoms with E-state index < -0.39 is 0 Å². The topological polar surface area (TPSA) is 30.7 Å². The normalized spacial score (nSPS) is 11.1. The molecule has 1 aromatic heterocycles. The van der Waals surface area contributed by atoms with Crippen LogP contribution in [0, 0.1) is 0 Å². The molecule has 2 aromatic rings. The molecule has 0 bridgehead atoms. The van der Waals surface area contributed by atoms with Crippen molar-refractivity contribution in [3.05, 3.63) is 24.3 Å². The highest BCUT2D eigenvalue weighted by molar-refractivity contribution is 5.72. The lowest BCUT2D eigenvalue weighted by Crippen LogP contribution is -2.01. The highest BCUT2D eigenvalue weighted by Gasteiger charge is 2.00. The number of fused-ring (bicyclic) bond motifs is 1. The standard InChI is InChI=1S/C14H21N3/c1-2-3-4-5-6-9-12-17-15-13-10-7-8-11-14(13)16-17/h7-8,10-11H,2-6,9,12H2,1H3. The molecule has 1 aromatic carbocycles. The summed E-state index contributed by atoms with van der Waals surface area (Å²) in [5, 5.41) is 8.90. The van der Waals surface area contributed by atoms with Crippen LogP contribution in [0.15, 0.2) is 24.3 Å². The molecule has 3 nitrogen and oxygen atoms in total. The average molecular weight is 231 g/mol. The fourth-order valence-electron chi connectivity index (χ4n) is 2.04. The van der Waals surface area contributed by atoms with Gasteiger partial charge in [-0.3, -0.25) is 0 Å². The molecule has 17 heavy (non-hydrogen) atoms. The summed E-state index contributed by atoms with van der Waals surface area (Å²) in [6, 6.07) is 8.04. The van der Waals surface area contributed by atoms with Gasteiger partial charge in [-0.15, -0.1) is 0 Å². The van der Waals surface area contributed by atoms with Gasteiger partial charge in [0.2, 0.25) is 0 Å². The first-order chi connectivity index (χ1) is 8.40. The summed E-state index contributed by atoms with van der Waals surface area (Å²) in [6.07, 6.45) is 7.86. The SMILES string of the molecule is CCCCCCCCn1nc2ccccc2n1. The van der Waals surface area contributed by atoms with Crippen molar-refractivity contribution in [1.29, 1.82) is 0 Å². The van der Waals surface area contributed by atoms with Crippen molar-refractivity contribution in [2.24, 2.45) is 0 Å². The number of rotatable bonds is 7. The predicted molar refractivity (Wildman–Crippen MR) is 70.9 cm³/mol. The van der Waals surface area contributed by atoms with Gasteiger partial charge in [0.05, 0.1) is 6.54 Å². The molecular formula is C14H21N3. The van der Waals surface area contributed by atoms with E-state index in [-0.39, 0.29) is 0 Å². The molecule has 0 fully saturated rings. The lowest BCUT2D eigenvalue weighted by Gasteiger charge is -2.00. The number of hydrogen-bond donors (Lipinski definition) is 0. The molecule has 92 valence electrons. The second-order valence-electron chi connectivity index (χ2n) is 4.55. The Hall–Kier alpha value is -1.38. The van der Waals surface area contributed by atoms with E-state index in [0.717, 1.165) is 17.6 Å². The van der Waals surface area contributed by atoms with Crippen molar-refractivity contribution in [3.63, 3.8) is 0 Å². The monoisotopic (exact) mass is 231 g/mol. The fourth-order valence-corrected chi connectivity index (χ4v) is 2.04. The van der Waals surface area contributed by atoms with Gasteiger partial charge in [-0.1, -0.05) is 51.2 Å². The summed E-state index contributed by atoms with van der Waals surface area (Å²) < 4.78 is 0. The molecule has 3 heteroatoms. The minimum Gasteiger partial charge on any atom is -0.184 e. The molecule has 0 unspecified atom stereocenters. The first kappa shape index (κ1) is 12.1. The first-order valence-corrected chi connectivity index (χ1v) is 6.70. The maximum absolute atomic E-state index is 4.45. The van der Waals surface area contributed by atoms with Gasteiger partial charge in [-0.25, -0.2) is 0 Å². The zero-order chi connectivity index (χ0) is 11.9. The first-order valence-electron chi connectivity index (χ1n) is 6.70. The predicted octanol–water partition coefficient (Wildman–Crippen LogP) is 3.79. The van der Waals surface area contributed by atoms with Crippen LogP contribution < -0.4 is 0 Å². The number of unbranched alkanes of at least 4 members (excludes halogenated alkanes) is 5. The molecule has 0 saturated carbocycles. The summed E-state index contributed by atoms with van der Waals surface area (Å²) in [5.41, 5.74) is 2.00. The molecule has 0 radical (unpaired) electrons. The molecule has 0 saturated heterocycles. The zero-order valence-electron chi connectivity index (χ0n) is 10.6. The number of benzene rings is 1. The van der Waals surface area contributed by atoms with Gasteiger partial charge in [0, 0.05) is 0 Å². The highest BCUT2D eigenvalue weighted by atomic mass is 15.5. The third-order valence-corrected chi connectivity index (χ3v) is 3.04. The van der Waals surface area contributed by atoms with Crippen molar-refractivity contribution in [1.82, 2.24) is 15.0 Å². The molecule has 0 aliphatic heterocycles. The summed E-state index contributed by atoms with van der Waals surface area (Å²) in [6.45, 7) is 3.19. The lowest BCUT2D eigenvalue weighted by atomic mass is 10.1.